The predicted molar refractivity (Wildman–Crippen MR) is 110 cm³/mol. The number of pyridine rings is 1. The molecule has 0 unspecified atom stereocenters. The molecule has 2 aromatic heterocycles. The highest BCUT2D eigenvalue weighted by Gasteiger charge is 2.16. The zero-order valence-electron chi connectivity index (χ0n) is 13.2. The van der Waals surface area contributed by atoms with Gasteiger partial charge in [0.25, 0.3) is 0 Å². The molecule has 4 rings (SSSR count). The fraction of sp³-hybridized carbons (Fsp3) is 0. The van der Waals surface area contributed by atoms with E-state index in [2.05, 4.69) is 37.5 Å². The third kappa shape index (κ3) is 2.99. The van der Waals surface area contributed by atoms with Gasteiger partial charge in [-0.1, -0.05) is 17.7 Å². The van der Waals surface area contributed by atoms with Crippen LogP contribution in [0.2, 0.25) is 5.02 Å². The molecule has 4 aromatic rings. The van der Waals surface area contributed by atoms with Gasteiger partial charge in [-0.05, 0) is 64.6 Å². The average molecular weight is 477 g/mol. The molecule has 26 heavy (non-hydrogen) atoms. The van der Waals surface area contributed by atoms with Crippen LogP contribution in [-0.2, 0) is 0 Å². The topological polar surface area (TPSA) is 64.7 Å². The van der Waals surface area contributed by atoms with E-state index in [1.54, 1.807) is 24.5 Å². The number of hydrogen-bond acceptors (Lipinski definition) is 4. The van der Waals surface area contributed by atoms with Gasteiger partial charge in [0.1, 0.15) is 11.6 Å². The maximum Gasteiger partial charge on any atom is 0.163 e. The number of benzene rings is 2. The normalized spacial score (nSPS) is 11.0. The Hall–Kier alpha value is -2.32. The minimum Gasteiger partial charge on any atom is -0.383 e. The van der Waals surface area contributed by atoms with Crippen molar-refractivity contribution >= 4 is 50.9 Å². The highest BCUT2D eigenvalue weighted by atomic mass is 127. The van der Waals surface area contributed by atoms with E-state index >= 15 is 0 Å². The van der Waals surface area contributed by atoms with Crippen molar-refractivity contribution in [3.63, 3.8) is 0 Å². The molecule has 4 nitrogen and oxygen atoms in total. The first-order chi connectivity index (χ1) is 12.5. The highest BCUT2D eigenvalue weighted by Crippen LogP contribution is 2.37. The summed E-state index contributed by atoms with van der Waals surface area (Å²) in [4.78, 5) is 13.2. The molecule has 2 aromatic carbocycles. The molecule has 0 aliphatic rings. The lowest BCUT2D eigenvalue weighted by atomic mass is 10.0. The van der Waals surface area contributed by atoms with Gasteiger partial charge in [-0.25, -0.2) is 14.4 Å². The predicted octanol–water partition coefficient (Wildman–Crippen LogP) is 5.34. The van der Waals surface area contributed by atoms with E-state index in [1.807, 2.05) is 24.3 Å². The molecule has 0 spiro atoms. The van der Waals surface area contributed by atoms with Crippen LogP contribution in [0.25, 0.3) is 33.4 Å². The summed E-state index contributed by atoms with van der Waals surface area (Å²) in [5.74, 6) is 0.393. The number of nitrogens with two attached hydrogens (primary N) is 1. The zero-order chi connectivity index (χ0) is 18.3. The lowest BCUT2D eigenvalue weighted by Gasteiger charge is -2.13. The number of hydrogen-bond donors (Lipinski definition) is 1. The molecule has 0 saturated heterocycles. The molecule has 0 aliphatic carbocycles. The summed E-state index contributed by atoms with van der Waals surface area (Å²) in [5.41, 5.74) is 9.37. The number of anilines is 1. The van der Waals surface area contributed by atoms with Gasteiger partial charge in [0.15, 0.2) is 5.82 Å². The molecular weight excluding hydrogens is 466 g/mol. The fourth-order valence-corrected chi connectivity index (χ4v) is 3.73. The summed E-state index contributed by atoms with van der Waals surface area (Å²) in [6.45, 7) is 0. The summed E-state index contributed by atoms with van der Waals surface area (Å²) < 4.78 is 14.5. The van der Waals surface area contributed by atoms with Crippen molar-refractivity contribution in [2.75, 3.05) is 5.73 Å². The molecule has 0 radical (unpaired) electrons. The van der Waals surface area contributed by atoms with Gasteiger partial charge in [-0.3, -0.25) is 4.98 Å². The number of fused-ring (bicyclic) bond motifs is 1. The van der Waals surface area contributed by atoms with Crippen molar-refractivity contribution in [2.45, 2.75) is 0 Å². The van der Waals surface area contributed by atoms with E-state index in [0.717, 1.165) is 20.3 Å². The monoisotopic (exact) mass is 476 g/mol. The standard InChI is InChI=1S/C19H11ClFIN4/c20-12-8-10(3-4-13(12)21)16-14(22)5-6-15-17(16)18(23)26-19(25-15)11-2-1-7-24-9-11/h1-9H,(H2,23,25,26). The van der Waals surface area contributed by atoms with E-state index in [4.69, 9.17) is 17.3 Å². The minimum absolute atomic E-state index is 0.0572. The van der Waals surface area contributed by atoms with Crippen molar-refractivity contribution in [1.82, 2.24) is 15.0 Å². The SMILES string of the molecule is Nc1nc(-c2cccnc2)nc2ccc(I)c(-c3ccc(F)c(Cl)c3)c12. The first-order valence-corrected chi connectivity index (χ1v) is 9.12. The van der Waals surface area contributed by atoms with Crippen LogP contribution >= 0.6 is 34.2 Å². The molecule has 128 valence electrons. The van der Waals surface area contributed by atoms with Crippen LogP contribution in [-0.4, -0.2) is 15.0 Å². The quantitative estimate of drug-likeness (QED) is 0.397. The molecule has 7 heteroatoms. The van der Waals surface area contributed by atoms with Gasteiger partial charge in [0, 0.05) is 27.1 Å². The number of nitrogens with zero attached hydrogens (tertiary/aromatic N) is 3. The Morgan fingerprint density at radius 1 is 1.04 bits per heavy atom. The molecule has 0 aliphatic heterocycles. The smallest absolute Gasteiger partial charge is 0.163 e. The minimum atomic E-state index is -0.464. The van der Waals surface area contributed by atoms with Crippen LogP contribution in [0.4, 0.5) is 10.2 Å². The largest absolute Gasteiger partial charge is 0.383 e. The highest BCUT2D eigenvalue weighted by molar-refractivity contribution is 14.1. The van der Waals surface area contributed by atoms with Gasteiger partial charge in [-0.2, -0.15) is 0 Å². The number of halogens is 3. The van der Waals surface area contributed by atoms with Crippen molar-refractivity contribution in [3.05, 3.63) is 69.3 Å². The summed E-state index contributed by atoms with van der Waals surface area (Å²) in [5, 5.41) is 0.772. The second kappa shape index (κ2) is 6.77. The molecule has 0 fully saturated rings. The Balaban J connectivity index is 1.99. The van der Waals surface area contributed by atoms with Crippen LogP contribution in [0.3, 0.4) is 0 Å². The van der Waals surface area contributed by atoms with E-state index in [9.17, 15) is 4.39 Å². The molecule has 0 saturated carbocycles. The van der Waals surface area contributed by atoms with Crippen LogP contribution in [0, 0.1) is 9.39 Å². The van der Waals surface area contributed by atoms with Crippen molar-refractivity contribution in [2.24, 2.45) is 0 Å². The van der Waals surface area contributed by atoms with Crippen LogP contribution in [0.1, 0.15) is 0 Å². The van der Waals surface area contributed by atoms with Gasteiger partial charge < -0.3 is 5.73 Å². The van der Waals surface area contributed by atoms with Gasteiger partial charge in [-0.15, -0.1) is 0 Å². The van der Waals surface area contributed by atoms with Crippen LogP contribution in [0.5, 0.6) is 0 Å². The first kappa shape index (κ1) is 17.1. The Morgan fingerprint density at radius 3 is 2.62 bits per heavy atom. The third-order valence-electron chi connectivity index (χ3n) is 3.97. The van der Waals surface area contributed by atoms with Crippen molar-refractivity contribution in [1.29, 1.82) is 0 Å². The van der Waals surface area contributed by atoms with E-state index in [-0.39, 0.29) is 5.02 Å². The fourth-order valence-electron chi connectivity index (χ4n) is 2.79. The number of rotatable bonds is 2. The maximum absolute atomic E-state index is 13.6. The molecular formula is C19H11ClFIN4. The van der Waals surface area contributed by atoms with E-state index < -0.39 is 5.82 Å². The lowest BCUT2D eigenvalue weighted by Crippen LogP contribution is -2.00. The first-order valence-electron chi connectivity index (χ1n) is 7.66. The van der Waals surface area contributed by atoms with Gasteiger partial charge in [0.2, 0.25) is 0 Å². The number of nitrogen functional groups attached to an aromatic ring is 1. The summed E-state index contributed by atoms with van der Waals surface area (Å²) >= 11 is 8.18. The van der Waals surface area contributed by atoms with Gasteiger partial charge >= 0.3 is 0 Å². The lowest BCUT2D eigenvalue weighted by molar-refractivity contribution is 0.628. The molecule has 0 amide bonds. The average Bonchev–Trinajstić information content (AvgIpc) is 2.65. The van der Waals surface area contributed by atoms with Crippen molar-refractivity contribution in [3.8, 4) is 22.5 Å². The Kier molecular flexibility index (Phi) is 4.46. The third-order valence-corrected chi connectivity index (χ3v) is 5.16. The second-order valence-electron chi connectivity index (χ2n) is 5.62. The zero-order valence-corrected chi connectivity index (χ0v) is 16.2. The van der Waals surface area contributed by atoms with Crippen LogP contribution in [0.15, 0.2) is 54.9 Å². The summed E-state index contributed by atoms with van der Waals surface area (Å²) in [6, 6.07) is 12.1. The molecule has 2 heterocycles. The maximum atomic E-state index is 13.6. The molecule has 2 N–H and O–H groups in total. The summed E-state index contributed by atoms with van der Waals surface area (Å²) in [6.07, 6.45) is 3.38. The second-order valence-corrected chi connectivity index (χ2v) is 7.19. The van der Waals surface area contributed by atoms with Crippen molar-refractivity contribution < 1.29 is 4.39 Å². The Bertz CT molecular complexity index is 1140. The molecule has 0 atom stereocenters. The summed E-state index contributed by atoms with van der Waals surface area (Å²) in [7, 11) is 0. The molecule has 0 bridgehead atoms. The van der Waals surface area contributed by atoms with E-state index in [1.165, 1.54) is 6.07 Å². The van der Waals surface area contributed by atoms with E-state index in [0.29, 0.717) is 22.5 Å². The Labute approximate surface area is 167 Å². The van der Waals surface area contributed by atoms with Crippen LogP contribution < -0.4 is 5.73 Å². The number of aromatic nitrogens is 3. The Morgan fingerprint density at radius 2 is 1.88 bits per heavy atom. The van der Waals surface area contributed by atoms with Gasteiger partial charge in [0.05, 0.1) is 15.9 Å².